The molecule has 1 atom stereocenters. The van der Waals surface area contributed by atoms with Gasteiger partial charge in [-0.15, -0.1) is 0 Å². The third kappa shape index (κ3) is 3.82. The highest BCUT2D eigenvalue weighted by Gasteiger charge is 2.02. The summed E-state index contributed by atoms with van der Waals surface area (Å²) in [5.74, 6) is 1.45. The molecule has 21 heavy (non-hydrogen) atoms. The molecule has 0 aliphatic rings. The van der Waals surface area contributed by atoms with Crippen molar-refractivity contribution in [2.75, 3.05) is 14.2 Å². The van der Waals surface area contributed by atoms with Crippen molar-refractivity contribution >= 4 is 17.8 Å². The van der Waals surface area contributed by atoms with Crippen LogP contribution in [0.25, 0.3) is 12.2 Å². The van der Waals surface area contributed by atoms with Crippen molar-refractivity contribution in [1.82, 2.24) is 0 Å². The Bertz CT molecular complexity index is 621. The summed E-state index contributed by atoms with van der Waals surface area (Å²) in [4.78, 5) is 0. The minimum absolute atomic E-state index is 0.272. The largest absolute Gasteiger partial charge is 0.595 e. The molecule has 0 saturated carbocycles. The van der Waals surface area contributed by atoms with Crippen LogP contribution in [0.15, 0.2) is 42.5 Å². The number of quaternary nitrogens is 1. The van der Waals surface area contributed by atoms with Gasteiger partial charge in [0.05, 0.1) is 14.2 Å². The third-order valence-corrected chi connectivity index (χ3v) is 3.05. The van der Waals surface area contributed by atoms with E-state index in [9.17, 15) is 5.21 Å². The van der Waals surface area contributed by atoms with Gasteiger partial charge in [0, 0.05) is 23.8 Å². The number of methoxy groups -OCH3 is 2. The van der Waals surface area contributed by atoms with Crippen LogP contribution in [-0.4, -0.2) is 19.4 Å². The van der Waals surface area contributed by atoms with Crippen molar-refractivity contribution in [1.29, 1.82) is 0 Å². The first-order valence-electron chi connectivity index (χ1n) is 6.37. The van der Waals surface area contributed by atoms with Crippen molar-refractivity contribution in [2.24, 2.45) is 0 Å². The Hall–Kier alpha value is -2.34. The molecule has 0 heterocycles. The van der Waals surface area contributed by atoms with Gasteiger partial charge in [0.2, 0.25) is 0 Å². The zero-order valence-electron chi connectivity index (χ0n) is 11.9. The molecular formula is C16H17NO4. The first-order chi connectivity index (χ1) is 10.1. The lowest BCUT2D eigenvalue weighted by Gasteiger charge is -2.11. The molecule has 0 fully saturated rings. The summed E-state index contributed by atoms with van der Waals surface area (Å²) < 4.78 is 10.5. The van der Waals surface area contributed by atoms with Crippen LogP contribution in [0.3, 0.4) is 0 Å². The second-order valence-corrected chi connectivity index (χ2v) is 4.37. The normalized spacial score (nSPS) is 12.4. The number of ether oxygens (including phenoxy) is 2. The van der Waals surface area contributed by atoms with Crippen LogP contribution in [0.5, 0.6) is 11.5 Å². The molecule has 0 amide bonds. The molecule has 0 aliphatic carbocycles. The van der Waals surface area contributed by atoms with Crippen molar-refractivity contribution < 1.29 is 19.9 Å². The fourth-order valence-corrected chi connectivity index (χ4v) is 1.88. The number of hydrogen-bond acceptors (Lipinski definition) is 4. The Kier molecular flexibility index (Phi) is 4.94. The minimum atomic E-state index is -0.928. The van der Waals surface area contributed by atoms with Crippen molar-refractivity contribution in [3.05, 3.63) is 58.8 Å². The molecule has 0 aliphatic heterocycles. The standard InChI is InChI=1S/C16H17NO4/c1-20-15-10-7-13(16(11-15)21-2)6-3-12-4-8-14(9-5-12)17(18)19/h3-11,17-18H,1-2H3. The number of nitrogens with one attached hydrogen (secondary N) is 1. The Labute approximate surface area is 123 Å². The van der Waals surface area contributed by atoms with Gasteiger partial charge in [0.25, 0.3) is 0 Å². The molecule has 5 heteroatoms. The van der Waals surface area contributed by atoms with Crippen LogP contribution in [-0.2, 0) is 0 Å². The average Bonchev–Trinajstić information content (AvgIpc) is 2.53. The van der Waals surface area contributed by atoms with Gasteiger partial charge >= 0.3 is 0 Å². The third-order valence-electron chi connectivity index (χ3n) is 3.05. The summed E-state index contributed by atoms with van der Waals surface area (Å²) in [6.45, 7) is 0. The van der Waals surface area contributed by atoms with Gasteiger partial charge in [-0.2, -0.15) is 5.23 Å². The van der Waals surface area contributed by atoms with Crippen LogP contribution >= 0.6 is 0 Å². The smallest absolute Gasteiger partial charge is 0.163 e. The van der Waals surface area contributed by atoms with Gasteiger partial charge < -0.3 is 14.7 Å². The second-order valence-electron chi connectivity index (χ2n) is 4.37. The van der Waals surface area contributed by atoms with E-state index in [1.165, 1.54) is 0 Å². The van der Waals surface area contributed by atoms with E-state index in [1.54, 1.807) is 38.5 Å². The topological polar surface area (TPSA) is 66.2 Å². The summed E-state index contributed by atoms with van der Waals surface area (Å²) in [7, 11) is 3.21. The van der Waals surface area contributed by atoms with Crippen molar-refractivity contribution in [3.8, 4) is 11.5 Å². The summed E-state index contributed by atoms with van der Waals surface area (Å²) in [6.07, 6.45) is 3.81. The summed E-state index contributed by atoms with van der Waals surface area (Å²) in [5.41, 5.74) is 2.10. The molecule has 2 N–H and O–H groups in total. The molecular weight excluding hydrogens is 270 g/mol. The highest BCUT2D eigenvalue weighted by Crippen LogP contribution is 2.26. The Morgan fingerprint density at radius 1 is 1.00 bits per heavy atom. The zero-order valence-corrected chi connectivity index (χ0v) is 11.9. The van der Waals surface area contributed by atoms with Gasteiger partial charge in [0.1, 0.15) is 11.5 Å². The Balaban J connectivity index is 2.20. The molecule has 0 saturated heterocycles. The maximum Gasteiger partial charge on any atom is 0.163 e. The van der Waals surface area contributed by atoms with Gasteiger partial charge in [-0.05, 0) is 29.8 Å². The summed E-state index contributed by atoms with van der Waals surface area (Å²) in [6, 6.07) is 12.2. The first-order valence-corrected chi connectivity index (χ1v) is 6.37. The summed E-state index contributed by atoms with van der Waals surface area (Å²) in [5, 5.41) is 18.7. The number of benzene rings is 2. The summed E-state index contributed by atoms with van der Waals surface area (Å²) >= 11 is 0. The van der Waals surface area contributed by atoms with Crippen LogP contribution in [0.1, 0.15) is 11.1 Å². The van der Waals surface area contributed by atoms with E-state index in [0.29, 0.717) is 5.75 Å². The van der Waals surface area contributed by atoms with Crippen LogP contribution < -0.4 is 14.7 Å². The molecule has 0 radical (unpaired) electrons. The molecule has 110 valence electrons. The average molecular weight is 287 g/mol. The van der Waals surface area contributed by atoms with Crippen LogP contribution in [0.4, 0.5) is 5.69 Å². The fourth-order valence-electron chi connectivity index (χ4n) is 1.88. The molecule has 2 aromatic carbocycles. The van der Waals surface area contributed by atoms with E-state index in [1.807, 2.05) is 30.4 Å². The molecule has 0 bridgehead atoms. The lowest BCUT2D eigenvalue weighted by atomic mass is 10.1. The maximum atomic E-state index is 10.8. The van der Waals surface area contributed by atoms with Crippen molar-refractivity contribution in [3.63, 3.8) is 0 Å². The second kappa shape index (κ2) is 6.90. The highest BCUT2D eigenvalue weighted by atomic mass is 16.8. The Morgan fingerprint density at radius 2 is 1.71 bits per heavy atom. The highest BCUT2D eigenvalue weighted by molar-refractivity contribution is 5.73. The molecule has 5 nitrogen and oxygen atoms in total. The SMILES string of the molecule is COc1ccc(C=Cc2ccc([NH+]([O-])O)cc2)c(OC)c1. The van der Waals surface area contributed by atoms with Crippen LogP contribution in [0, 0.1) is 5.21 Å². The molecule has 1 unspecified atom stereocenters. The van der Waals surface area contributed by atoms with E-state index < -0.39 is 5.23 Å². The lowest BCUT2D eigenvalue weighted by Crippen LogP contribution is -2.99. The van der Waals surface area contributed by atoms with Crippen LogP contribution in [0.2, 0.25) is 0 Å². The lowest BCUT2D eigenvalue weighted by molar-refractivity contribution is -0.991. The van der Waals surface area contributed by atoms with E-state index in [4.69, 9.17) is 14.7 Å². The van der Waals surface area contributed by atoms with Crippen molar-refractivity contribution in [2.45, 2.75) is 0 Å². The predicted molar refractivity (Wildman–Crippen MR) is 80.7 cm³/mol. The molecule has 0 spiro atoms. The van der Waals surface area contributed by atoms with Gasteiger partial charge in [-0.1, -0.05) is 12.2 Å². The van der Waals surface area contributed by atoms with Gasteiger partial charge in [-0.25, -0.2) is 5.21 Å². The quantitative estimate of drug-likeness (QED) is 0.654. The molecule has 2 aromatic rings. The zero-order chi connectivity index (χ0) is 15.2. The monoisotopic (exact) mass is 287 g/mol. The van der Waals surface area contributed by atoms with E-state index >= 15 is 0 Å². The number of rotatable bonds is 5. The molecule has 2 rings (SSSR count). The van der Waals surface area contributed by atoms with E-state index in [0.717, 1.165) is 16.9 Å². The van der Waals surface area contributed by atoms with E-state index in [-0.39, 0.29) is 5.69 Å². The first kappa shape index (κ1) is 15.1. The number of hydrogen-bond donors (Lipinski definition) is 2. The fraction of sp³-hybridized carbons (Fsp3) is 0.125. The predicted octanol–water partition coefficient (Wildman–Crippen LogP) is 2.28. The Morgan fingerprint density at radius 3 is 2.29 bits per heavy atom. The van der Waals surface area contributed by atoms with Gasteiger partial charge in [0.15, 0.2) is 5.69 Å². The maximum absolute atomic E-state index is 10.8. The van der Waals surface area contributed by atoms with Gasteiger partial charge in [-0.3, -0.25) is 0 Å². The van der Waals surface area contributed by atoms with E-state index in [2.05, 4.69) is 0 Å². The molecule has 0 aromatic heterocycles. The minimum Gasteiger partial charge on any atom is -0.595 e.